The summed E-state index contributed by atoms with van der Waals surface area (Å²) in [4.78, 5) is 20.7. The molecule has 3 aromatic rings. The molecule has 0 aliphatic carbocycles. The van der Waals surface area contributed by atoms with Crippen LogP contribution in [-0.2, 0) is 4.79 Å². The highest BCUT2D eigenvalue weighted by atomic mass is 32.1. The third-order valence-electron chi connectivity index (χ3n) is 2.91. The number of rotatable bonds is 1. The van der Waals surface area contributed by atoms with E-state index < -0.39 is 0 Å². The lowest BCUT2D eigenvalue weighted by atomic mass is 10.1. The molecule has 0 fully saturated rings. The molecule has 1 aliphatic rings. The van der Waals surface area contributed by atoms with Gasteiger partial charge in [0.25, 0.3) is 5.91 Å². The first-order chi connectivity index (χ1) is 9.81. The fourth-order valence-electron chi connectivity index (χ4n) is 2.02. The third kappa shape index (κ3) is 1.69. The zero-order valence-electron chi connectivity index (χ0n) is 10.0. The molecule has 1 amide bonds. The van der Waals surface area contributed by atoms with Crippen molar-refractivity contribution < 1.29 is 9.53 Å². The zero-order valence-corrected chi connectivity index (χ0v) is 10.8. The van der Waals surface area contributed by atoms with Crippen LogP contribution in [0.25, 0.3) is 21.6 Å². The summed E-state index contributed by atoms with van der Waals surface area (Å²) >= 11 is 1.23. The standard InChI is InChI=1S/C12H7N5O2S/c18-9-5-19-8-2-1-7(14-11(8)15-9)6-3-4-13-12-10(6)16-17-20-12/h1-4H,5H2,(H,14,15,18). The minimum atomic E-state index is -0.211. The monoisotopic (exact) mass is 285 g/mol. The second kappa shape index (κ2) is 4.20. The normalized spacial score (nSPS) is 13.7. The van der Waals surface area contributed by atoms with E-state index in [4.69, 9.17) is 4.74 Å². The van der Waals surface area contributed by atoms with Gasteiger partial charge in [-0.1, -0.05) is 4.49 Å². The van der Waals surface area contributed by atoms with Crippen molar-refractivity contribution in [3.05, 3.63) is 24.4 Å². The van der Waals surface area contributed by atoms with Crippen molar-refractivity contribution >= 4 is 33.6 Å². The predicted molar refractivity (Wildman–Crippen MR) is 72.6 cm³/mol. The SMILES string of the molecule is O=C1COc2ccc(-c3ccnc4snnc34)nc2N1. The minimum Gasteiger partial charge on any atom is -0.480 e. The molecule has 3 aromatic heterocycles. The molecule has 0 saturated carbocycles. The molecule has 1 aliphatic heterocycles. The number of carbonyl (C=O) groups is 1. The lowest BCUT2D eigenvalue weighted by Crippen LogP contribution is -2.26. The number of pyridine rings is 2. The molecule has 0 aromatic carbocycles. The van der Waals surface area contributed by atoms with Gasteiger partial charge >= 0.3 is 0 Å². The van der Waals surface area contributed by atoms with Gasteiger partial charge < -0.3 is 10.1 Å². The van der Waals surface area contributed by atoms with Crippen molar-refractivity contribution in [2.45, 2.75) is 0 Å². The molecule has 0 atom stereocenters. The van der Waals surface area contributed by atoms with E-state index >= 15 is 0 Å². The first kappa shape index (κ1) is 11.2. The van der Waals surface area contributed by atoms with Gasteiger partial charge in [-0.3, -0.25) is 4.79 Å². The van der Waals surface area contributed by atoms with E-state index in [2.05, 4.69) is 24.9 Å². The van der Waals surface area contributed by atoms with Crippen LogP contribution >= 0.6 is 11.5 Å². The summed E-state index contributed by atoms with van der Waals surface area (Å²) in [5.41, 5.74) is 2.22. The van der Waals surface area contributed by atoms with Gasteiger partial charge in [-0.05, 0) is 18.2 Å². The van der Waals surface area contributed by atoms with Crippen LogP contribution in [0.15, 0.2) is 24.4 Å². The van der Waals surface area contributed by atoms with Crippen LogP contribution in [0.1, 0.15) is 0 Å². The molecule has 7 nitrogen and oxygen atoms in total. The van der Waals surface area contributed by atoms with Crippen molar-refractivity contribution in [1.29, 1.82) is 0 Å². The molecule has 0 spiro atoms. The molecule has 20 heavy (non-hydrogen) atoms. The molecule has 0 radical (unpaired) electrons. The summed E-state index contributed by atoms with van der Waals surface area (Å²) in [7, 11) is 0. The highest BCUT2D eigenvalue weighted by molar-refractivity contribution is 7.12. The van der Waals surface area contributed by atoms with E-state index in [9.17, 15) is 4.79 Å². The number of amides is 1. The fraction of sp³-hybridized carbons (Fsp3) is 0.0833. The summed E-state index contributed by atoms with van der Waals surface area (Å²) in [6.45, 7) is 0.0174. The number of nitrogens with one attached hydrogen (secondary N) is 1. The summed E-state index contributed by atoms with van der Waals surface area (Å²) in [5.74, 6) is 0.777. The van der Waals surface area contributed by atoms with E-state index in [-0.39, 0.29) is 12.5 Å². The van der Waals surface area contributed by atoms with Crippen molar-refractivity contribution in [3.63, 3.8) is 0 Å². The summed E-state index contributed by atoms with van der Waals surface area (Å²) < 4.78 is 9.18. The highest BCUT2D eigenvalue weighted by Crippen LogP contribution is 2.31. The van der Waals surface area contributed by atoms with Crippen LogP contribution in [0.2, 0.25) is 0 Å². The molecule has 8 heteroatoms. The number of carbonyl (C=O) groups excluding carboxylic acids is 1. The number of anilines is 1. The minimum absolute atomic E-state index is 0.0174. The average Bonchev–Trinajstić information content (AvgIpc) is 2.94. The molecule has 0 unspecified atom stereocenters. The molecule has 4 heterocycles. The number of nitrogens with zero attached hydrogens (tertiary/aromatic N) is 4. The van der Waals surface area contributed by atoms with Crippen LogP contribution in [0.4, 0.5) is 5.82 Å². The highest BCUT2D eigenvalue weighted by Gasteiger charge is 2.19. The zero-order chi connectivity index (χ0) is 13.5. The fourth-order valence-corrected chi connectivity index (χ4v) is 2.56. The maximum atomic E-state index is 11.3. The van der Waals surface area contributed by atoms with Gasteiger partial charge in [-0.2, -0.15) is 0 Å². The van der Waals surface area contributed by atoms with Crippen molar-refractivity contribution in [1.82, 2.24) is 19.6 Å². The molecule has 98 valence electrons. The lowest BCUT2D eigenvalue weighted by molar-refractivity contribution is -0.118. The summed E-state index contributed by atoms with van der Waals surface area (Å²) in [6, 6.07) is 5.43. The van der Waals surface area contributed by atoms with E-state index in [1.165, 1.54) is 11.5 Å². The maximum Gasteiger partial charge on any atom is 0.263 e. The van der Waals surface area contributed by atoms with Gasteiger partial charge in [0, 0.05) is 23.3 Å². The number of hydrogen-bond acceptors (Lipinski definition) is 7. The predicted octanol–water partition coefficient (Wildman–Crippen LogP) is 1.48. The Labute approximate surface area is 116 Å². The van der Waals surface area contributed by atoms with Crippen LogP contribution < -0.4 is 10.1 Å². The van der Waals surface area contributed by atoms with Crippen molar-refractivity contribution in [2.24, 2.45) is 0 Å². The number of aromatic nitrogens is 4. The van der Waals surface area contributed by atoms with E-state index in [1.54, 1.807) is 12.3 Å². The summed E-state index contributed by atoms with van der Waals surface area (Å²) in [6.07, 6.45) is 1.69. The Balaban J connectivity index is 1.88. The Morgan fingerprint density at radius 3 is 3.20 bits per heavy atom. The second-order valence-electron chi connectivity index (χ2n) is 4.17. The van der Waals surface area contributed by atoms with Crippen LogP contribution in [0, 0.1) is 0 Å². The van der Waals surface area contributed by atoms with Gasteiger partial charge in [0.15, 0.2) is 23.0 Å². The number of fused-ring (bicyclic) bond motifs is 2. The maximum absolute atomic E-state index is 11.3. The largest absolute Gasteiger partial charge is 0.480 e. The molecular formula is C12H7N5O2S. The third-order valence-corrected chi connectivity index (χ3v) is 3.54. The van der Waals surface area contributed by atoms with E-state index in [0.717, 1.165) is 10.4 Å². The lowest BCUT2D eigenvalue weighted by Gasteiger charge is -2.17. The van der Waals surface area contributed by atoms with Gasteiger partial charge in [0.05, 0.1) is 5.69 Å². The molecule has 0 bridgehead atoms. The van der Waals surface area contributed by atoms with E-state index in [0.29, 0.717) is 22.8 Å². The Morgan fingerprint density at radius 1 is 1.30 bits per heavy atom. The van der Waals surface area contributed by atoms with Crippen molar-refractivity contribution in [3.8, 4) is 17.0 Å². The van der Waals surface area contributed by atoms with Gasteiger partial charge in [0.1, 0.15) is 5.52 Å². The van der Waals surface area contributed by atoms with Crippen LogP contribution in [0.3, 0.4) is 0 Å². The first-order valence-electron chi connectivity index (χ1n) is 5.82. The second-order valence-corrected chi connectivity index (χ2v) is 4.90. The Hall–Kier alpha value is -2.61. The van der Waals surface area contributed by atoms with Crippen LogP contribution in [0.5, 0.6) is 5.75 Å². The van der Waals surface area contributed by atoms with E-state index in [1.807, 2.05) is 12.1 Å². The smallest absolute Gasteiger partial charge is 0.263 e. The Morgan fingerprint density at radius 2 is 2.25 bits per heavy atom. The number of hydrogen-bond donors (Lipinski definition) is 1. The molecule has 1 N–H and O–H groups in total. The topological polar surface area (TPSA) is 89.9 Å². The number of ether oxygens (including phenoxy) is 1. The van der Waals surface area contributed by atoms with Crippen molar-refractivity contribution in [2.75, 3.05) is 11.9 Å². The van der Waals surface area contributed by atoms with Gasteiger partial charge in [-0.15, -0.1) is 5.10 Å². The first-order valence-corrected chi connectivity index (χ1v) is 6.60. The molecule has 4 rings (SSSR count). The quantitative estimate of drug-likeness (QED) is 0.728. The Kier molecular flexibility index (Phi) is 2.36. The van der Waals surface area contributed by atoms with Gasteiger partial charge in [-0.25, -0.2) is 9.97 Å². The summed E-state index contributed by atoms with van der Waals surface area (Å²) in [5, 5.41) is 6.76. The molecule has 0 saturated heterocycles. The molecular weight excluding hydrogens is 278 g/mol. The van der Waals surface area contributed by atoms with Gasteiger partial charge in [0.2, 0.25) is 0 Å². The Bertz CT molecular complexity index is 832. The van der Waals surface area contributed by atoms with Crippen LogP contribution in [-0.4, -0.2) is 32.1 Å². The average molecular weight is 285 g/mol.